The van der Waals surface area contributed by atoms with Crippen molar-refractivity contribution in [2.45, 2.75) is 45.6 Å². The zero-order valence-corrected chi connectivity index (χ0v) is 11.3. The van der Waals surface area contributed by atoms with Gasteiger partial charge in [-0.05, 0) is 54.8 Å². The maximum Gasteiger partial charge on any atom is 0.332 e. The minimum absolute atomic E-state index is 0.160. The van der Waals surface area contributed by atoms with Crippen LogP contribution in [0.3, 0.4) is 0 Å². The second-order valence-corrected chi connectivity index (χ2v) is 6.86. The normalized spacial score (nSPS) is 53.9. The zero-order valence-electron chi connectivity index (χ0n) is 11.3. The molecule has 0 heterocycles. The van der Waals surface area contributed by atoms with E-state index in [1.807, 2.05) is 6.92 Å². The van der Waals surface area contributed by atoms with E-state index in [-0.39, 0.29) is 12.6 Å². The zero-order chi connectivity index (χ0) is 12.5. The van der Waals surface area contributed by atoms with Crippen molar-refractivity contribution in [3.05, 3.63) is 0 Å². The van der Waals surface area contributed by atoms with Gasteiger partial charge >= 0.3 is 5.97 Å². The number of ether oxygens (including phenoxy) is 2. The second kappa shape index (κ2) is 3.30. The molecule has 0 aromatic heterocycles. The molecule has 6 atom stereocenters. The first-order valence-corrected chi connectivity index (χ1v) is 7.44. The van der Waals surface area contributed by atoms with E-state index in [1.165, 1.54) is 25.7 Å². The predicted octanol–water partition coefficient (Wildman–Crippen LogP) is 2.39. The fraction of sp³-hybridized carbons (Fsp3) is 0.933. The van der Waals surface area contributed by atoms with Gasteiger partial charge in [-0.15, -0.1) is 0 Å². The van der Waals surface area contributed by atoms with Crippen LogP contribution in [0.15, 0.2) is 0 Å². The molecule has 4 aliphatic rings. The van der Waals surface area contributed by atoms with Gasteiger partial charge in [0.25, 0.3) is 0 Å². The molecule has 0 amide bonds. The lowest BCUT2D eigenvalue weighted by molar-refractivity contribution is -0.200. The lowest BCUT2D eigenvalue weighted by Crippen LogP contribution is -2.61. The largest absolute Gasteiger partial charge is 0.464 e. The lowest BCUT2D eigenvalue weighted by atomic mass is 9.38. The van der Waals surface area contributed by atoms with E-state index in [2.05, 4.69) is 6.92 Å². The van der Waals surface area contributed by atoms with Crippen LogP contribution in [-0.2, 0) is 14.3 Å². The highest BCUT2D eigenvalue weighted by Gasteiger charge is 2.86. The Morgan fingerprint density at radius 2 is 2.17 bits per heavy atom. The average molecular weight is 250 g/mol. The molecule has 3 nitrogen and oxygen atoms in total. The number of hydrogen-bond acceptors (Lipinski definition) is 3. The summed E-state index contributed by atoms with van der Waals surface area (Å²) in [5.74, 6) is 2.26. The Kier molecular flexibility index (Phi) is 2.07. The van der Waals surface area contributed by atoms with Crippen molar-refractivity contribution in [1.29, 1.82) is 0 Å². The summed E-state index contributed by atoms with van der Waals surface area (Å²) in [4.78, 5) is 11.4. The first kappa shape index (κ1) is 11.3. The van der Waals surface area contributed by atoms with Crippen molar-refractivity contribution in [3.8, 4) is 0 Å². The van der Waals surface area contributed by atoms with Gasteiger partial charge in [-0.25, -0.2) is 4.79 Å². The smallest absolute Gasteiger partial charge is 0.332 e. The van der Waals surface area contributed by atoms with Crippen LogP contribution in [0.1, 0.15) is 39.5 Å². The number of carbonyl (C=O) groups is 1. The Balaban J connectivity index is 1.40. The van der Waals surface area contributed by atoms with Crippen LogP contribution in [-0.4, -0.2) is 25.3 Å². The van der Waals surface area contributed by atoms with Gasteiger partial charge in [0.05, 0.1) is 12.7 Å². The van der Waals surface area contributed by atoms with Crippen LogP contribution in [0, 0.1) is 28.6 Å². The highest BCUT2D eigenvalue weighted by Crippen LogP contribution is 2.91. The van der Waals surface area contributed by atoms with Gasteiger partial charge in [-0.3, -0.25) is 0 Å². The SMILES string of the molecule is CCOC(=O)COC1C2CC3(CC)CC4(CC14)C23. The summed E-state index contributed by atoms with van der Waals surface area (Å²) in [6, 6.07) is 0. The highest BCUT2D eigenvalue weighted by molar-refractivity contribution is 5.70. The Hall–Kier alpha value is -0.570. The van der Waals surface area contributed by atoms with Gasteiger partial charge in [0.2, 0.25) is 0 Å². The molecule has 0 aliphatic heterocycles. The average Bonchev–Trinajstić information content (AvgIpc) is 2.99. The number of carbonyl (C=O) groups excluding carboxylic acids is 1. The molecule has 0 saturated heterocycles. The molecule has 0 N–H and O–H groups in total. The van der Waals surface area contributed by atoms with Gasteiger partial charge in [0.15, 0.2) is 0 Å². The maximum atomic E-state index is 11.4. The molecule has 0 bridgehead atoms. The summed E-state index contributed by atoms with van der Waals surface area (Å²) >= 11 is 0. The first-order chi connectivity index (χ1) is 8.67. The van der Waals surface area contributed by atoms with Crippen LogP contribution in [0.2, 0.25) is 0 Å². The highest BCUT2D eigenvalue weighted by atomic mass is 16.6. The van der Waals surface area contributed by atoms with Crippen LogP contribution >= 0.6 is 0 Å². The van der Waals surface area contributed by atoms with Gasteiger partial charge in [0, 0.05) is 0 Å². The van der Waals surface area contributed by atoms with E-state index >= 15 is 0 Å². The molecule has 6 unspecified atom stereocenters. The van der Waals surface area contributed by atoms with E-state index < -0.39 is 0 Å². The topological polar surface area (TPSA) is 35.5 Å². The summed E-state index contributed by atoms with van der Waals surface area (Å²) in [7, 11) is 0. The third-order valence-corrected chi connectivity index (χ3v) is 6.43. The van der Waals surface area contributed by atoms with Crippen LogP contribution < -0.4 is 0 Å². The second-order valence-electron chi connectivity index (χ2n) is 6.86. The first-order valence-electron chi connectivity index (χ1n) is 7.44. The Labute approximate surface area is 108 Å². The van der Waals surface area contributed by atoms with E-state index in [9.17, 15) is 4.79 Å². The Bertz CT molecular complexity index is 407. The Morgan fingerprint density at radius 1 is 1.33 bits per heavy atom. The Morgan fingerprint density at radius 3 is 2.89 bits per heavy atom. The summed E-state index contributed by atoms with van der Waals surface area (Å²) < 4.78 is 10.9. The quantitative estimate of drug-likeness (QED) is 0.703. The molecule has 0 radical (unpaired) electrons. The summed E-state index contributed by atoms with van der Waals surface area (Å²) in [6.07, 6.45) is 5.86. The van der Waals surface area contributed by atoms with Gasteiger partial charge in [-0.1, -0.05) is 13.3 Å². The fourth-order valence-corrected chi connectivity index (χ4v) is 5.92. The van der Waals surface area contributed by atoms with Crippen molar-refractivity contribution < 1.29 is 14.3 Å². The van der Waals surface area contributed by atoms with E-state index in [4.69, 9.17) is 9.47 Å². The molecular formula is C15H22O3. The van der Waals surface area contributed by atoms with Crippen molar-refractivity contribution in [1.82, 2.24) is 0 Å². The fourth-order valence-electron chi connectivity index (χ4n) is 5.92. The third-order valence-electron chi connectivity index (χ3n) is 6.43. The molecule has 0 aromatic carbocycles. The molecule has 100 valence electrons. The van der Waals surface area contributed by atoms with E-state index in [0.29, 0.717) is 23.5 Å². The summed E-state index contributed by atoms with van der Waals surface area (Å²) in [5, 5.41) is 0. The van der Waals surface area contributed by atoms with Crippen molar-refractivity contribution in [2.24, 2.45) is 28.6 Å². The molecule has 4 aliphatic carbocycles. The van der Waals surface area contributed by atoms with Crippen molar-refractivity contribution in [2.75, 3.05) is 13.2 Å². The van der Waals surface area contributed by atoms with Gasteiger partial charge in [0.1, 0.15) is 6.61 Å². The van der Waals surface area contributed by atoms with Crippen molar-refractivity contribution >= 4 is 5.97 Å². The number of rotatable bonds is 5. The minimum Gasteiger partial charge on any atom is -0.464 e. The molecule has 4 fully saturated rings. The van der Waals surface area contributed by atoms with Gasteiger partial charge < -0.3 is 9.47 Å². The van der Waals surface area contributed by atoms with Crippen LogP contribution in [0.5, 0.6) is 0 Å². The molecule has 1 spiro atoms. The third kappa shape index (κ3) is 1.08. The van der Waals surface area contributed by atoms with Crippen molar-refractivity contribution in [3.63, 3.8) is 0 Å². The van der Waals surface area contributed by atoms with E-state index in [1.54, 1.807) is 0 Å². The minimum atomic E-state index is -0.201. The number of esters is 1. The monoisotopic (exact) mass is 250 g/mol. The van der Waals surface area contributed by atoms with E-state index in [0.717, 1.165) is 17.8 Å². The standard InChI is InChI=1S/C15H22O3/c1-3-14-5-9-12(18-7-11(16)17-4-2)10-6-15(10,8-14)13(9)14/h9-10,12-13H,3-8H2,1-2H3. The molecule has 18 heavy (non-hydrogen) atoms. The van der Waals surface area contributed by atoms with Crippen LogP contribution in [0.25, 0.3) is 0 Å². The molecule has 4 saturated carbocycles. The molecule has 3 heteroatoms. The van der Waals surface area contributed by atoms with Crippen LogP contribution in [0.4, 0.5) is 0 Å². The predicted molar refractivity (Wildman–Crippen MR) is 65.9 cm³/mol. The summed E-state index contributed by atoms with van der Waals surface area (Å²) in [6.45, 7) is 4.79. The summed E-state index contributed by atoms with van der Waals surface area (Å²) in [5.41, 5.74) is 1.35. The van der Waals surface area contributed by atoms with Gasteiger partial charge in [-0.2, -0.15) is 0 Å². The number of hydrogen-bond donors (Lipinski definition) is 0. The molecule has 0 aromatic rings. The maximum absolute atomic E-state index is 11.4. The molecule has 4 rings (SSSR count). The molecular weight excluding hydrogens is 228 g/mol. The lowest BCUT2D eigenvalue weighted by Gasteiger charge is -2.67.